The summed E-state index contributed by atoms with van der Waals surface area (Å²) in [4.78, 5) is 25.9. The van der Waals surface area contributed by atoms with Crippen LogP contribution in [0.15, 0.2) is 55.2 Å². The molecule has 1 saturated carbocycles. The summed E-state index contributed by atoms with van der Waals surface area (Å²) in [5.41, 5.74) is 6.78. The van der Waals surface area contributed by atoms with Gasteiger partial charge in [0.25, 0.3) is 5.91 Å². The lowest BCUT2D eigenvalue weighted by atomic mass is 9.59. The number of fused-ring (bicyclic) bond motifs is 2. The minimum absolute atomic E-state index is 0.0797. The van der Waals surface area contributed by atoms with Crippen molar-refractivity contribution in [1.29, 1.82) is 0 Å². The molecule has 0 radical (unpaired) electrons. The van der Waals surface area contributed by atoms with Gasteiger partial charge in [-0.2, -0.15) is 0 Å². The third-order valence-corrected chi connectivity index (χ3v) is 7.25. The van der Waals surface area contributed by atoms with Crippen molar-refractivity contribution in [3.8, 4) is 11.3 Å². The predicted molar refractivity (Wildman–Crippen MR) is 122 cm³/mol. The zero-order chi connectivity index (χ0) is 22.0. The molecule has 1 aromatic carbocycles. The molecule has 0 unspecified atom stereocenters. The molecule has 2 N–H and O–H groups in total. The van der Waals surface area contributed by atoms with E-state index in [9.17, 15) is 4.79 Å². The maximum atomic E-state index is 12.7. The summed E-state index contributed by atoms with van der Waals surface area (Å²) in [6, 6.07) is 8.13. The summed E-state index contributed by atoms with van der Waals surface area (Å²) < 4.78 is 7.37. The maximum Gasteiger partial charge on any atom is 0.254 e. The Kier molecular flexibility index (Phi) is 3.90. The average Bonchev–Trinajstić information content (AvgIpc) is 3.38. The maximum absolute atomic E-state index is 12.7. The van der Waals surface area contributed by atoms with Gasteiger partial charge in [-0.1, -0.05) is 12.1 Å². The van der Waals surface area contributed by atoms with Crippen LogP contribution in [0.3, 0.4) is 0 Å². The Morgan fingerprint density at radius 2 is 2.00 bits per heavy atom. The first-order chi connectivity index (χ1) is 16.2. The lowest BCUT2D eigenvalue weighted by Gasteiger charge is -2.53. The van der Waals surface area contributed by atoms with Crippen molar-refractivity contribution >= 4 is 23.1 Å². The van der Waals surface area contributed by atoms with Crippen molar-refractivity contribution in [1.82, 2.24) is 24.7 Å². The monoisotopic (exact) mass is 438 g/mol. The van der Waals surface area contributed by atoms with Gasteiger partial charge in [-0.05, 0) is 42.0 Å². The van der Waals surface area contributed by atoms with Crippen LogP contribution in [0.4, 0.5) is 11.5 Å². The van der Waals surface area contributed by atoms with Crippen LogP contribution < -0.4 is 10.6 Å². The van der Waals surface area contributed by atoms with Crippen molar-refractivity contribution in [3.63, 3.8) is 0 Å². The molecule has 2 fully saturated rings. The van der Waals surface area contributed by atoms with Crippen LogP contribution in [-0.2, 0) is 11.3 Å². The van der Waals surface area contributed by atoms with E-state index in [2.05, 4.69) is 31.7 Å². The van der Waals surface area contributed by atoms with Crippen molar-refractivity contribution in [3.05, 3.63) is 71.9 Å². The number of aromatic nitrogens is 4. The van der Waals surface area contributed by atoms with Gasteiger partial charge in [-0.15, -0.1) is 0 Å². The molecule has 3 aliphatic rings. The van der Waals surface area contributed by atoms with Gasteiger partial charge in [-0.3, -0.25) is 14.2 Å². The van der Waals surface area contributed by atoms with Crippen molar-refractivity contribution in [2.75, 3.05) is 18.5 Å². The summed E-state index contributed by atoms with van der Waals surface area (Å²) in [6.45, 7) is 2.30. The third-order valence-electron chi connectivity index (χ3n) is 7.25. The molecule has 5 heterocycles. The Hall–Kier alpha value is -3.78. The summed E-state index contributed by atoms with van der Waals surface area (Å²) in [7, 11) is 0. The first kappa shape index (κ1) is 18.8. The molecule has 1 aliphatic carbocycles. The first-order valence-electron chi connectivity index (χ1n) is 11.2. The van der Waals surface area contributed by atoms with Gasteiger partial charge in [0.15, 0.2) is 5.65 Å². The largest absolute Gasteiger partial charge is 0.380 e. The molecule has 0 bridgehead atoms. The zero-order valence-electron chi connectivity index (χ0n) is 17.9. The lowest BCUT2D eigenvalue weighted by Crippen LogP contribution is -2.51. The number of ether oxygens (including phenoxy) is 1. The SMILES string of the molecule is O=C1NCc2c(-c3cnc4cnccn34)ccc(Nc3ccc(C4CC5(COC5)C4)cn3)c21. The van der Waals surface area contributed by atoms with E-state index < -0.39 is 0 Å². The Morgan fingerprint density at radius 1 is 1.09 bits per heavy atom. The van der Waals surface area contributed by atoms with Gasteiger partial charge in [0.05, 0.1) is 42.6 Å². The molecule has 1 spiro atoms. The highest BCUT2D eigenvalue weighted by molar-refractivity contribution is 6.06. The highest BCUT2D eigenvalue weighted by Crippen LogP contribution is 2.55. The molecule has 4 aromatic rings. The normalized spacial score (nSPS) is 18.6. The average molecular weight is 438 g/mol. The molecule has 7 rings (SSSR count). The highest BCUT2D eigenvalue weighted by atomic mass is 16.5. The Balaban J connectivity index is 1.18. The van der Waals surface area contributed by atoms with Gasteiger partial charge in [-0.25, -0.2) is 9.97 Å². The fourth-order valence-corrected chi connectivity index (χ4v) is 5.44. The van der Waals surface area contributed by atoms with Crippen LogP contribution in [0.5, 0.6) is 0 Å². The second-order valence-corrected chi connectivity index (χ2v) is 9.34. The molecule has 1 amide bonds. The topological polar surface area (TPSA) is 93.4 Å². The van der Waals surface area contributed by atoms with Crippen molar-refractivity contribution in [2.24, 2.45) is 5.41 Å². The summed E-state index contributed by atoms with van der Waals surface area (Å²) in [6.07, 6.45) is 11.5. The standard InChI is InChI=1S/C25H22N6O2/c32-24-23-18(10-29-24)17(20-11-28-22-12-26-5-6-31(20)22)2-3-19(23)30-21-4-1-15(9-27-21)16-7-25(8-16)13-33-14-25/h1-6,9,11-12,16H,7-8,10,13-14H2,(H,27,30)(H,29,32). The molecular weight excluding hydrogens is 416 g/mol. The van der Waals surface area contributed by atoms with Crippen LogP contribution in [-0.4, -0.2) is 38.5 Å². The number of nitrogens with one attached hydrogen (secondary N) is 2. The number of pyridine rings is 1. The first-order valence-corrected chi connectivity index (χ1v) is 11.2. The Morgan fingerprint density at radius 3 is 2.79 bits per heavy atom. The van der Waals surface area contributed by atoms with E-state index in [4.69, 9.17) is 4.74 Å². The lowest BCUT2D eigenvalue weighted by molar-refractivity contribution is -0.164. The number of hydrogen-bond acceptors (Lipinski definition) is 6. The van der Waals surface area contributed by atoms with E-state index in [1.54, 1.807) is 12.4 Å². The number of carbonyl (C=O) groups excluding carboxylic acids is 1. The van der Waals surface area contributed by atoms with Gasteiger partial charge < -0.3 is 15.4 Å². The molecule has 8 nitrogen and oxygen atoms in total. The predicted octanol–water partition coefficient (Wildman–Crippen LogP) is 3.67. The number of amides is 1. The van der Waals surface area contributed by atoms with Crippen LogP contribution in [0, 0.1) is 5.41 Å². The molecule has 8 heteroatoms. The van der Waals surface area contributed by atoms with Crippen LogP contribution >= 0.6 is 0 Å². The van der Waals surface area contributed by atoms with E-state index in [1.807, 2.05) is 41.2 Å². The summed E-state index contributed by atoms with van der Waals surface area (Å²) in [5.74, 6) is 1.23. The Labute approximate surface area is 190 Å². The van der Waals surface area contributed by atoms with E-state index in [0.29, 0.717) is 23.4 Å². The number of rotatable bonds is 4. The fourth-order valence-electron chi connectivity index (χ4n) is 5.44. The molecule has 164 valence electrons. The summed E-state index contributed by atoms with van der Waals surface area (Å²) >= 11 is 0. The number of nitrogens with zero attached hydrogens (tertiary/aromatic N) is 4. The van der Waals surface area contributed by atoms with Crippen LogP contribution in [0.1, 0.15) is 40.2 Å². The van der Waals surface area contributed by atoms with Gasteiger partial charge in [0.1, 0.15) is 5.82 Å². The zero-order valence-corrected chi connectivity index (χ0v) is 17.9. The van der Waals surface area contributed by atoms with E-state index in [-0.39, 0.29) is 5.91 Å². The smallest absolute Gasteiger partial charge is 0.254 e. The minimum Gasteiger partial charge on any atom is -0.380 e. The molecule has 33 heavy (non-hydrogen) atoms. The second kappa shape index (κ2) is 6.86. The quantitative estimate of drug-likeness (QED) is 0.505. The van der Waals surface area contributed by atoms with E-state index in [0.717, 1.165) is 47.2 Å². The van der Waals surface area contributed by atoms with Crippen molar-refractivity contribution < 1.29 is 9.53 Å². The van der Waals surface area contributed by atoms with Gasteiger partial charge in [0.2, 0.25) is 0 Å². The minimum atomic E-state index is -0.0797. The summed E-state index contributed by atoms with van der Waals surface area (Å²) in [5, 5.41) is 6.33. The van der Waals surface area contributed by atoms with Gasteiger partial charge >= 0.3 is 0 Å². The van der Waals surface area contributed by atoms with E-state index >= 15 is 0 Å². The molecule has 0 atom stereocenters. The molecule has 3 aromatic heterocycles. The van der Waals surface area contributed by atoms with Crippen LogP contribution in [0.25, 0.3) is 16.9 Å². The Bertz CT molecular complexity index is 1400. The number of imidazole rings is 1. The van der Waals surface area contributed by atoms with E-state index in [1.165, 1.54) is 18.4 Å². The van der Waals surface area contributed by atoms with Crippen LogP contribution in [0.2, 0.25) is 0 Å². The molecule has 1 saturated heterocycles. The number of benzene rings is 1. The second-order valence-electron chi connectivity index (χ2n) is 9.34. The molecular formula is C25H22N6O2. The van der Waals surface area contributed by atoms with Gasteiger partial charge in [0, 0.05) is 36.1 Å². The number of hydrogen-bond donors (Lipinski definition) is 2. The molecule has 2 aliphatic heterocycles. The highest BCUT2D eigenvalue weighted by Gasteiger charge is 2.50. The fraction of sp³-hybridized carbons (Fsp3) is 0.280. The number of carbonyl (C=O) groups is 1. The van der Waals surface area contributed by atoms with Crippen molar-refractivity contribution in [2.45, 2.75) is 25.3 Å². The number of anilines is 2. The third kappa shape index (κ3) is 2.87.